The van der Waals surface area contributed by atoms with Gasteiger partial charge in [0.05, 0.1) is 12.8 Å². The lowest BCUT2D eigenvalue weighted by molar-refractivity contribution is -0.121. The average molecular weight is 640 g/mol. The number of hydrogen-bond donors (Lipinski definition) is 0. The third-order valence-electron chi connectivity index (χ3n) is 8.40. The van der Waals surface area contributed by atoms with Gasteiger partial charge in [-0.1, -0.05) is 73.7 Å². The number of fused-ring (bicyclic) bond motifs is 1. The summed E-state index contributed by atoms with van der Waals surface area (Å²) >= 11 is 0. The lowest BCUT2D eigenvalue weighted by Crippen LogP contribution is -2.11. The van der Waals surface area contributed by atoms with Crippen LogP contribution in [-0.4, -0.2) is 24.1 Å². The van der Waals surface area contributed by atoms with Crippen molar-refractivity contribution in [1.82, 2.24) is 4.57 Å². The van der Waals surface area contributed by atoms with Crippen LogP contribution in [0.1, 0.15) is 42.0 Å². The highest BCUT2D eigenvalue weighted by Gasteiger charge is 2.18. The van der Waals surface area contributed by atoms with Crippen LogP contribution in [0.2, 0.25) is 0 Å². The lowest BCUT2D eigenvalue weighted by Gasteiger charge is -2.15. The van der Waals surface area contributed by atoms with Crippen molar-refractivity contribution in [3.63, 3.8) is 0 Å². The van der Waals surface area contributed by atoms with E-state index < -0.39 is 0 Å². The van der Waals surface area contributed by atoms with Crippen molar-refractivity contribution < 1.29 is 23.7 Å². The molecule has 0 saturated carbocycles. The van der Waals surface area contributed by atoms with Crippen LogP contribution >= 0.6 is 0 Å². The second-order valence-corrected chi connectivity index (χ2v) is 11.9. The first-order valence-corrected chi connectivity index (χ1v) is 16.4. The van der Waals surface area contributed by atoms with Crippen molar-refractivity contribution in [2.45, 2.75) is 46.4 Å². The molecule has 0 amide bonds. The van der Waals surface area contributed by atoms with E-state index in [2.05, 4.69) is 60.0 Å². The molecule has 6 heteroatoms. The molecule has 0 spiro atoms. The Morgan fingerprint density at radius 3 is 1.96 bits per heavy atom. The summed E-state index contributed by atoms with van der Waals surface area (Å²) in [6.07, 6.45) is 1.30. The van der Waals surface area contributed by atoms with Gasteiger partial charge < -0.3 is 23.5 Å². The lowest BCUT2D eigenvalue weighted by atomic mass is 10.1. The van der Waals surface area contributed by atoms with E-state index in [0.29, 0.717) is 37.7 Å². The van der Waals surface area contributed by atoms with E-state index in [1.807, 2.05) is 79.7 Å². The van der Waals surface area contributed by atoms with Crippen molar-refractivity contribution in [2.24, 2.45) is 0 Å². The normalized spacial score (nSPS) is 11.0. The number of nitrogens with zero attached hydrogens (tertiary/aromatic N) is 1. The molecule has 48 heavy (non-hydrogen) atoms. The Hall–Kier alpha value is -5.49. The molecule has 6 nitrogen and oxygen atoms in total. The first kappa shape index (κ1) is 32.5. The van der Waals surface area contributed by atoms with Crippen LogP contribution in [0.4, 0.5) is 0 Å². The van der Waals surface area contributed by atoms with Gasteiger partial charge in [0, 0.05) is 23.9 Å². The van der Waals surface area contributed by atoms with Gasteiger partial charge in [-0.2, -0.15) is 0 Å². The fourth-order valence-corrected chi connectivity index (χ4v) is 5.94. The Kier molecular flexibility index (Phi) is 10.4. The maximum atomic E-state index is 12.1. The van der Waals surface area contributed by atoms with Crippen LogP contribution in [-0.2, 0) is 24.6 Å². The number of hydrogen-bond acceptors (Lipinski definition) is 5. The van der Waals surface area contributed by atoms with Crippen LogP contribution < -0.4 is 18.9 Å². The maximum absolute atomic E-state index is 12.1. The van der Waals surface area contributed by atoms with Crippen molar-refractivity contribution >= 4 is 16.7 Å². The summed E-state index contributed by atoms with van der Waals surface area (Å²) in [5, 5.41) is 1.13. The summed E-state index contributed by atoms with van der Waals surface area (Å²) in [5.41, 5.74) is 7.76. The molecule has 0 radical (unpaired) electrons. The number of carbonyl (C=O) groups is 1. The summed E-state index contributed by atoms with van der Waals surface area (Å²) in [7, 11) is 1.62. The van der Waals surface area contributed by atoms with E-state index in [9.17, 15) is 4.79 Å². The summed E-state index contributed by atoms with van der Waals surface area (Å²) in [6, 6.07) is 40.9. The van der Waals surface area contributed by atoms with E-state index in [-0.39, 0.29) is 12.4 Å². The van der Waals surface area contributed by atoms with E-state index >= 15 is 0 Å². The van der Waals surface area contributed by atoms with Gasteiger partial charge in [0.15, 0.2) is 17.3 Å². The van der Waals surface area contributed by atoms with E-state index in [0.717, 1.165) is 62.3 Å². The fourth-order valence-electron chi connectivity index (χ4n) is 5.94. The molecule has 1 aromatic heterocycles. The van der Waals surface area contributed by atoms with Gasteiger partial charge in [0.25, 0.3) is 0 Å². The number of carbonyl (C=O) groups excluding carboxylic acids is 1. The standard InChI is InChI=1S/C42H41NO5/c1-4-11-35(44)29-48-40-23-16-33(24-41(40)45-3)26-43-39-22-21-37(47-28-32-14-9-6-10-15-32)25-38(39)30(2)42(43)34-17-19-36(20-18-34)46-27-31-12-7-5-8-13-31/h5-10,12-25H,4,11,26-29H2,1-3H3. The molecular formula is C42H41NO5. The smallest absolute Gasteiger partial charge is 0.170 e. The van der Waals surface area contributed by atoms with Gasteiger partial charge in [-0.15, -0.1) is 0 Å². The zero-order valence-corrected chi connectivity index (χ0v) is 27.8. The highest BCUT2D eigenvalue weighted by molar-refractivity contribution is 5.92. The van der Waals surface area contributed by atoms with Crippen LogP contribution in [0, 0.1) is 6.92 Å². The predicted octanol–water partition coefficient (Wildman–Crippen LogP) is 9.58. The Labute approximate surface area is 282 Å². The van der Waals surface area contributed by atoms with Gasteiger partial charge in [-0.3, -0.25) is 4.79 Å². The summed E-state index contributed by atoms with van der Waals surface area (Å²) < 4.78 is 26.2. The van der Waals surface area contributed by atoms with Gasteiger partial charge in [-0.05, 0) is 95.8 Å². The predicted molar refractivity (Wildman–Crippen MR) is 191 cm³/mol. The van der Waals surface area contributed by atoms with Crippen molar-refractivity contribution in [3.8, 4) is 34.3 Å². The number of methoxy groups -OCH3 is 1. The molecular weight excluding hydrogens is 598 g/mol. The van der Waals surface area contributed by atoms with Crippen molar-refractivity contribution in [3.05, 3.63) is 144 Å². The Bertz CT molecular complexity index is 1960. The minimum absolute atomic E-state index is 0.0366. The van der Waals surface area contributed by atoms with Crippen LogP contribution in [0.5, 0.6) is 23.0 Å². The van der Waals surface area contributed by atoms with Crippen molar-refractivity contribution in [1.29, 1.82) is 0 Å². The number of rotatable bonds is 15. The number of benzene rings is 5. The molecule has 0 bridgehead atoms. The minimum Gasteiger partial charge on any atom is -0.493 e. The fraction of sp³-hybridized carbons (Fsp3) is 0.214. The van der Waals surface area contributed by atoms with Crippen LogP contribution in [0.3, 0.4) is 0 Å². The number of ether oxygens (including phenoxy) is 4. The highest BCUT2D eigenvalue weighted by Crippen LogP contribution is 2.37. The quantitative estimate of drug-likeness (QED) is 0.112. The Morgan fingerprint density at radius 2 is 1.31 bits per heavy atom. The molecule has 6 aromatic rings. The molecule has 0 aliphatic rings. The van der Waals surface area contributed by atoms with E-state index in [1.165, 1.54) is 0 Å². The molecule has 0 aliphatic carbocycles. The maximum Gasteiger partial charge on any atom is 0.170 e. The first-order valence-electron chi connectivity index (χ1n) is 16.4. The third kappa shape index (κ3) is 7.72. The van der Waals surface area contributed by atoms with Gasteiger partial charge >= 0.3 is 0 Å². The highest BCUT2D eigenvalue weighted by atomic mass is 16.5. The van der Waals surface area contributed by atoms with Gasteiger partial charge in [-0.25, -0.2) is 0 Å². The van der Waals surface area contributed by atoms with Crippen LogP contribution in [0.15, 0.2) is 121 Å². The zero-order chi connectivity index (χ0) is 33.3. The molecule has 0 atom stereocenters. The first-order chi connectivity index (χ1) is 23.5. The number of aromatic nitrogens is 1. The molecule has 244 valence electrons. The Balaban J connectivity index is 1.32. The minimum atomic E-state index is 0.0366. The largest absolute Gasteiger partial charge is 0.493 e. The molecule has 5 aromatic carbocycles. The average Bonchev–Trinajstić information content (AvgIpc) is 3.40. The summed E-state index contributed by atoms with van der Waals surface area (Å²) in [4.78, 5) is 12.1. The van der Waals surface area contributed by atoms with E-state index in [4.69, 9.17) is 18.9 Å². The monoisotopic (exact) mass is 639 g/mol. The van der Waals surface area contributed by atoms with Gasteiger partial charge in [0.2, 0.25) is 0 Å². The molecule has 0 fully saturated rings. The third-order valence-corrected chi connectivity index (χ3v) is 8.40. The number of aryl methyl sites for hydroxylation is 1. The number of ketones is 1. The van der Waals surface area contributed by atoms with Gasteiger partial charge in [0.1, 0.15) is 31.3 Å². The summed E-state index contributed by atoms with van der Waals surface area (Å²) in [6.45, 7) is 5.80. The van der Waals surface area contributed by atoms with Crippen molar-refractivity contribution in [2.75, 3.05) is 13.7 Å². The molecule has 1 heterocycles. The SMILES string of the molecule is CCCC(=O)COc1ccc(Cn2c(-c3ccc(OCc4ccccc4)cc3)c(C)c3cc(OCc4ccccc4)ccc32)cc1OC. The van der Waals surface area contributed by atoms with E-state index in [1.54, 1.807) is 7.11 Å². The Morgan fingerprint density at radius 1 is 0.667 bits per heavy atom. The molecule has 0 aliphatic heterocycles. The molecule has 0 N–H and O–H groups in total. The number of Topliss-reactive ketones (excluding diaryl/α,β-unsaturated/α-hetero) is 1. The second-order valence-electron chi connectivity index (χ2n) is 11.9. The topological polar surface area (TPSA) is 58.9 Å². The zero-order valence-electron chi connectivity index (χ0n) is 27.8. The summed E-state index contributed by atoms with van der Waals surface area (Å²) in [5.74, 6) is 2.88. The second kappa shape index (κ2) is 15.4. The molecule has 0 unspecified atom stereocenters. The molecule has 6 rings (SSSR count). The van der Waals surface area contributed by atoms with Crippen LogP contribution in [0.25, 0.3) is 22.2 Å². The molecule has 0 saturated heterocycles.